The van der Waals surface area contributed by atoms with Crippen LogP contribution in [0.2, 0.25) is 0 Å². The highest BCUT2D eigenvalue weighted by molar-refractivity contribution is 7.89. The molecule has 0 amide bonds. The highest BCUT2D eigenvalue weighted by Crippen LogP contribution is 2.15. The highest BCUT2D eigenvalue weighted by Gasteiger charge is 2.23. The summed E-state index contributed by atoms with van der Waals surface area (Å²) >= 11 is 0. The number of nitrogens with one attached hydrogen (secondary N) is 1. The second-order valence-electron chi connectivity index (χ2n) is 5.54. The van der Waals surface area contributed by atoms with E-state index in [1.807, 2.05) is 31.5 Å². The van der Waals surface area contributed by atoms with Gasteiger partial charge >= 0.3 is 0 Å². The molecular weight excluding hydrogens is 278 g/mol. The molecule has 0 saturated carbocycles. The third-order valence-electron chi connectivity index (χ3n) is 3.26. The summed E-state index contributed by atoms with van der Waals surface area (Å²) in [6.07, 6.45) is 3.62. The van der Waals surface area contributed by atoms with Crippen LogP contribution in [0.25, 0.3) is 0 Å². The van der Waals surface area contributed by atoms with E-state index in [0.29, 0.717) is 6.54 Å². The van der Waals surface area contributed by atoms with Gasteiger partial charge < -0.3 is 9.30 Å². The van der Waals surface area contributed by atoms with Crippen molar-refractivity contribution in [2.75, 3.05) is 12.4 Å². The maximum absolute atomic E-state index is 12.0. The van der Waals surface area contributed by atoms with E-state index in [9.17, 15) is 8.42 Å². The summed E-state index contributed by atoms with van der Waals surface area (Å²) in [6, 6.07) is -0.0554. The zero-order valence-electron chi connectivity index (χ0n) is 12.3. The lowest BCUT2D eigenvalue weighted by molar-refractivity contribution is 0.0911. The molecule has 0 radical (unpaired) electrons. The fourth-order valence-electron chi connectivity index (χ4n) is 2.39. The quantitative estimate of drug-likeness (QED) is 0.845. The van der Waals surface area contributed by atoms with Crippen LogP contribution in [0.1, 0.15) is 31.8 Å². The molecule has 0 spiro atoms. The third kappa shape index (κ3) is 4.29. The largest absolute Gasteiger partial charge is 0.378 e. The molecule has 1 aromatic rings. The van der Waals surface area contributed by atoms with Gasteiger partial charge in [-0.25, -0.2) is 18.1 Å². The molecule has 1 aromatic heterocycles. The summed E-state index contributed by atoms with van der Waals surface area (Å²) in [5.74, 6) is 1.05. The van der Waals surface area contributed by atoms with Gasteiger partial charge in [0.1, 0.15) is 5.82 Å². The number of aromatic nitrogens is 2. The van der Waals surface area contributed by atoms with E-state index in [4.69, 9.17) is 4.74 Å². The molecule has 7 heteroatoms. The Morgan fingerprint density at radius 3 is 3.00 bits per heavy atom. The lowest BCUT2D eigenvalue weighted by Gasteiger charge is -2.24. The first kappa shape index (κ1) is 15.5. The van der Waals surface area contributed by atoms with Gasteiger partial charge in [-0.2, -0.15) is 0 Å². The van der Waals surface area contributed by atoms with Crippen molar-refractivity contribution in [3.63, 3.8) is 0 Å². The van der Waals surface area contributed by atoms with E-state index in [1.165, 1.54) is 0 Å². The molecule has 6 nitrogen and oxygen atoms in total. The predicted octanol–water partition coefficient (Wildman–Crippen LogP) is 0.851. The number of hydrogen-bond donors (Lipinski definition) is 1. The lowest BCUT2D eigenvalue weighted by Crippen LogP contribution is -2.42. The number of nitrogens with zero attached hydrogens (tertiary/aromatic N) is 2. The van der Waals surface area contributed by atoms with Crippen molar-refractivity contribution in [1.82, 2.24) is 14.3 Å². The smallest absolute Gasteiger partial charge is 0.214 e. The van der Waals surface area contributed by atoms with Crippen molar-refractivity contribution in [2.24, 2.45) is 0 Å². The van der Waals surface area contributed by atoms with E-state index < -0.39 is 10.0 Å². The van der Waals surface area contributed by atoms with E-state index >= 15 is 0 Å². The number of imidazole rings is 1. The van der Waals surface area contributed by atoms with Crippen molar-refractivity contribution in [3.05, 3.63) is 17.7 Å². The Labute approximate surface area is 120 Å². The highest BCUT2D eigenvalue weighted by atomic mass is 32.2. The van der Waals surface area contributed by atoms with Crippen molar-refractivity contribution < 1.29 is 13.2 Å². The molecular formula is C13H23N3O3S. The molecule has 1 N–H and O–H groups in total. The average Bonchev–Trinajstić information content (AvgIpc) is 2.66. The minimum absolute atomic E-state index is 0.0114. The standard InChI is InChI=1S/C13H23N3O3S/c1-10(2)19-6-7-20(17,18)15-12-4-5-13-14-11(3)8-16(13)9-12/h8,10,12,15H,4-7,9H2,1-3H3. The Morgan fingerprint density at radius 2 is 2.30 bits per heavy atom. The molecule has 0 aromatic carbocycles. The maximum Gasteiger partial charge on any atom is 0.214 e. The van der Waals surface area contributed by atoms with Crippen LogP contribution in [0, 0.1) is 6.92 Å². The molecule has 1 aliphatic heterocycles. The van der Waals surface area contributed by atoms with E-state index in [0.717, 1.165) is 24.4 Å². The molecule has 0 bridgehead atoms. The topological polar surface area (TPSA) is 73.2 Å². The van der Waals surface area contributed by atoms with Crippen LogP contribution in [0.5, 0.6) is 0 Å². The fraction of sp³-hybridized carbons (Fsp3) is 0.769. The number of aryl methyl sites for hydroxylation is 2. The van der Waals surface area contributed by atoms with Gasteiger partial charge in [0, 0.05) is 25.2 Å². The van der Waals surface area contributed by atoms with Gasteiger partial charge in [0.15, 0.2) is 0 Å². The summed E-state index contributed by atoms with van der Waals surface area (Å²) in [6.45, 7) is 6.62. The molecule has 1 atom stereocenters. The Bertz CT molecular complexity index is 551. The van der Waals surface area contributed by atoms with E-state index in [2.05, 4.69) is 9.71 Å². The molecule has 0 fully saturated rings. The number of rotatable bonds is 6. The summed E-state index contributed by atoms with van der Waals surface area (Å²) in [4.78, 5) is 4.42. The van der Waals surface area contributed by atoms with Crippen molar-refractivity contribution in [2.45, 2.75) is 52.3 Å². The van der Waals surface area contributed by atoms with Gasteiger partial charge in [-0.3, -0.25) is 0 Å². The normalized spacial score (nSPS) is 19.3. The molecule has 1 aliphatic rings. The summed E-state index contributed by atoms with van der Waals surface area (Å²) in [7, 11) is -3.28. The predicted molar refractivity (Wildman–Crippen MR) is 77.1 cm³/mol. The molecule has 114 valence electrons. The van der Waals surface area contributed by atoms with Crippen LogP contribution >= 0.6 is 0 Å². The van der Waals surface area contributed by atoms with Crippen LogP contribution < -0.4 is 4.72 Å². The Morgan fingerprint density at radius 1 is 1.55 bits per heavy atom. The summed E-state index contributed by atoms with van der Waals surface area (Å²) < 4.78 is 34.1. The minimum Gasteiger partial charge on any atom is -0.378 e. The first-order chi connectivity index (χ1) is 9.35. The maximum atomic E-state index is 12.0. The SMILES string of the molecule is Cc1cn2c(n1)CCC(NS(=O)(=O)CCOC(C)C)C2. The number of ether oxygens (including phenoxy) is 1. The molecule has 1 unspecified atom stereocenters. The number of fused-ring (bicyclic) bond motifs is 1. The van der Waals surface area contributed by atoms with Crippen molar-refractivity contribution in [1.29, 1.82) is 0 Å². The first-order valence-electron chi connectivity index (χ1n) is 7.00. The van der Waals surface area contributed by atoms with E-state index in [-0.39, 0.29) is 24.5 Å². The van der Waals surface area contributed by atoms with Crippen molar-refractivity contribution >= 4 is 10.0 Å². The van der Waals surface area contributed by atoms with Gasteiger partial charge in [0.2, 0.25) is 10.0 Å². The van der Waals surface area contributed by atoms with Gasteiger partial charge in [0.25, 0.3) is 0 Å². The van der Waals surface area contributed by atoms with Crippen LogP contribution in [0.4, 0.5) is 0 Å². The van der Waals surface area contributed by atoms with E-state index in [1.54, 1.807) is 0 Å². The summed E-state index contributed by atoms with van der Waals surface area (Å²) in [5.41, 5.74) is 0.980. The molecule has 2 heterocycles. The molecule has 0 saturated heterocycles. The fourth-order valence-corrected chi connectivity index (χ4v) is 3.52. The zero-order chi connectivity index (χ0) is 14.8. The lowest BCUT2D eigenvalue weighted by atomic mass is 10.1. The Balaban J connectivity index is 1.88. The van der Waals surface area contributed by atoms with Crippen LogP contribution in [-0.4, -0.2) is 42.5 Å². The molecule has 0 aliphatic carbocycles. The first-order valence-corrected chi connectivity index (χ1v) is 8.65. The number of sulfonamides is 1. The number of hydrogen-bond acceptors (Lipinski definition) is 4. The Hall–Kier alpha value is -0.920. The van der Waals surface area contributed by atoms with Crippen LogP contribution in [0.15, 0.2) is 6.20 Å². The molecule has 20 heavy (non-hydrogen) atoms. The second kappa shape index (κ2) is 6.24. The van der Waals surface area contributed by atoms with Crippen LogP contribution in [0.3, 0.4) is 0 Å². The van der Waals surface area contributed by atoms with Gasteiger partial charge in [-0.1, -0.05) is 0 Å². The van der Waals surface area contributed by atoms with Crippen molar-refractivity contribution in [3.8, 4) is 0 Å². The third-order valence-corrected chi connectivity index (χ3v) is 4.66. The minimum atomic E-state index is -3.28. The molecule has 2 rings (SSSR count). The van der Waals surface area contributed by atoms with Gasteiger partial charge in [-0.15, -0.1) is 0 Å². The average molecular weight is 301 g/mol. The second-order valence-corrected chi connectivity index (χ2v) is 7.42. The zero-order valence-corrected chi connectivity index (χ0v) is 13.1. The monoisotopic (exact) mass is 301 g/mol. The summed E-state index contributed by atoms with van der Waals surface area (Å²) in [5, 5.41) is 0. The van der Waals surface area contributed by atoms with Crippen LogP contribution in [-0.2, 0) is 27.7 Å². The van der Waals surface area contributed by atoms with Gasteiger partial charge in [0.05, 0.1) is 24.2 Å². The Kier molecular flexibility index (Phi) is 4.82. The van der Waals surface area contributed by atoms with Gasteiger partial charge in [-0.05, 0) is 27.2 Å².